The first-order valence-corrected chi connectivity index (χ1v) is 12.8. The molecular weight excluding hydrogens is 531 g/mol. The lowest BCUT2D eigenvalue weighted by molar-refractivity contribution is -0.192. The second-order valence-electron chi connectivity index (χ2n) is 9.16. The number of halogens is 3. The molecule has 1 aliphatic rings. The molecule has 0 aliphatic heterocycles. The average molecular weight is 566 g/mol. The number of Topliss-reactive ketones (excluding diaryl/α,β-unsaturated/α-hetero) is 1. The first-order valence-electron chi connectivity index (χ1n) is 12.8. The number of amides is 2. The van der Waals surface area contributed by atoms with Gasteiger partial charge in [0.25, 0.3) is 0 Å². The largest absolute Gasteiger partial charge is 0.490 e. The molecule has 1 aliphatic carbocycles. The van der Waals surface area contributed by atoms with Crippen molar-refractivity contribution in [3.8, 4) is 11.1 Å². The minimum Gasteiger partial charge on any atom is -0.475 e. The highest BCUT2D eigenvalue weighted by Crippen LogP contribution is 2.44. The summed E-state index contributed by atoms with van der Waals surface area (Å²) in [6, 6.07) is 15.9. The summed E-state index contributed by atoms with van der Waals surface area (Å²) in [5, 5.41) is 12.6. The molecule has 0 spiro atoms. The zero-order valence-corrected chi connectivity index (χ0v) is 22.1. The van der Waals surface area contributed by atoms with Crippen LogP contribution < -0.4 is 16.4 Å². The Labute approximate surface area is 230 Å². The molecule has 0 heterocycles. The summed E-state index contributed by atoms with van der Waals surface area (Å²) >= 11 is 0. The van der Waals surface area contributed by atoms with Crippen LogP contribution in [0.2, 0.25) is 0 Å². The van der Waals surface area contributed by atoms with Gasteiger partial charge in [0, 0.05) is 25.8 Å². The van der Waals surface area contributed by atoms with Gasteiger partial charge in [-0.1, -0.05) is 48.5 Å². The predicted octanol–water partition coefficient (Wildman–Crippen LogP) is 4.14. The van der Waals surface area contributed by atoms with Gasteiger partial charge in [0.2, 0.25) is 5.91 Å². The van der Waals surface area contributed by atoms with Gasteiger partial charge in [-0.15, -0.1) is 0 Å². The van der Waals surface area contributed by atoms with E-state index in [1.54, 1.807) is 0 Å². The maximum atomic E-state index is 12.2. The van der Waals surface area contributed by atoms with Crippen molar-refractivity contribution in [3.05, 3.63) is 59.7 Å². The van der Waals surface area contributed by atoms with Gasteiger partial charge in [0.15, 0.2) is 5.78 Å². The number of ether oxygens (including phenoxy) is 1. The number of carboxylic acid groups (broad SMARTS) is 1. The Bertz CT molecular complexity index is 1130. The molecule has 1 atom stereocenters. The van der Waals surface area contributed by atoms with Crippen LogP contribution in [0.15, 0.2) is 48.5 Å². The van der Waals surface area contributed by atoms with E-state index in [0.717, 1.165) is 0 Å². The third-order valence-electron chi connectivity index (χ3n) is 6.17. The number of unbranched alkanes of at least 4 members (excludes halogenated alkanes) is 1. The molecule has 12 heteroatoms. The van der Waals surface area contributed by atoms with Gasteiger partial charge >= 0.3 is 18.2 Å². The molecular formula is C28H34F3N3O6. The zero-order valence-electron chi connectivity index (χ0n) is 22.1. The Morgan fingerprint density at radius 3 is 2.02 bits per heavy atom. The quantitative estimate of drug-likeness (QED) is 0.283. The van der Waals surface area contributed by atoms with E-state index >= 15 is 0 Å². The van der Waals surface area contributed by atoms with Crippen LogP contribution in [-0.4, -0.2) is 60.8 Å². The van der Waals surface area contributed by atoms with Crippen LogP contribution in [0.3, 0.4) is 0 Å². The standard InChI is InChI=1S/C26H33N3O4.C2HF3O2/c1-18(30)29-24(25(31)14-8-15-27)13-6-7-16-28-26(32)33-17-23-21-11-4-2-9-19(21)20-10-3-5-12-22(20)23;3-2(4,5)1(6)7/h2-5,9-12,23-24H,6-8,13-17,27H2,1H3,(H,28,32)(H,29,30);(H,6,7)/t24-;/m0./s1. The fourth-order valence-electron chi connectivity index (χ4n) is 4.32. The zero-order chi connectivity index (χ0) is 29.7. The van der Waals surface area contributed by atoms with Crippen LogP contribution in [0.1, 0.15) is 56.1 Å². The Morgan fingerprint density at radius 1 is 0.975 bits per heavy atom. The molecule has 218 valence electrons. The minimum absolute atomic E-state index is 0.000134. The third kappa shape index (κ3) is 9.99. The second-order valence-corrected chi connectivity index (χ2v) is 9.16. The topological polar surface area (TPSA) is 148 Å². The fraction of sp³-hybridized carbons (Fsp3) is 0.429. The first-order chi connectivity index (χ1) is 19.0. The van der Waals surface area contributed by atoms with Crippen LogP contribution >= 0.6 is 0 Å². The van der Waals surface area contributed by atoms with Gasteiger partial charge in [-0.3, -0.25) is 9.59 Å². The predicted molar refractivity (Wildman–Crippen MR) is 142 cm³/mol. The number of hydrogen-bond acceptors (Lipinski definition) is 6. The minimum atomic E-state index is -5.08. The van der Waals surface area contributed by atoms with E-state index in [1.165, 1.54) is 29.2 Å². The molecule has 0 aromatic heterocycles. The number of carbonyl (C=O) groups is 4. The first kappa shape index (κ1) is 32.3. The van der Waals surface area contributed by atoms with E-state index in [2.05, 4.69) is 34.9 Å². The lowest BCUT2D eigenvalue weighted by Crippen LogP contribution is -2.39. The van der Waals surface area contributed by atoms with E-state index in [9.17, 15) is 27.6 Å². The van der Waals surface area contributed by atoms with E-state index in [4.69, 9.17) is 20.4 Å². The van der Waals surface area contributed by atoms with Crippen LogP contribution in [-0.2, 0) is 19.1 Å². The second kappa shape index (κ2) is 15.6. The van der Waals surface area contributed by atoms with Crippen molar-refractivity contribution in [1.82, 2.24) is 10.6 Å². The van der Waals surface area contributed by atoms with Crippen molar-refractivity contribution < 1.29 is 42.2 Å². The van der Waals surface area contributed by atoms with Gasteiger partial charge in [-0.2, -0.15) is 13.2 Å². The number of rotatable bonds is 12. The molecule has 2 aromatic rings. The normalized spacial score (nSPS) is 12.7. The fourth-order valence-corrected chi connectivity index (χ4v) is 4.32. The lowest BCUT2D eigenvalue weighted by Gasteiger charge is -2.17. The van der Waals surface area contributed by atoms with Crippen LogP contribution in [0.4, 0.5) is 18.0 Å². The van der Waals surface area contributed by atoms with Crippen LogP contribution in [0.25, 0.3) is 11.1 Å². The van der Waals surface area contributed by atoms with E-state index in [0.29, 0.717) is 45.2 Å². The summed E-state index contributed by atoms with van der Waals surface area (Å²) in [6.45, 7) is 2.57. The number of hydrogen-bond donors (Lipinski definition) is 4. The van der Waals surface area contributed by atoms with Gasteiger partial charge in [0.1, 0.15) is 6.61 Å². The summed E-state index contributed by atoms with van der Waals surface area (Å²) in [6.07, 6.45) is -2.64. The van der Waals surface area contributed by atoms with Crippen molar-refractivity contribution in [2.24, 2.45) is 5.73 Å². The Hall–Kier alpha value is -3.93. The molecule has 2 amide bonds. The molecule has 40 heavy (non-hydrogen) atoms. The van der Waals surface area contributed by atoms with Crippen molar-refractivity contribution >= 4 is 23.8 Å². The number of nitrogens with two attached hydrogens (primary N) is 1. The Morgan fingerprint density at radius 2 is 1.52 bits per heavy atom. The van der Waals surface area contributed by atoms with E-state index in [-0.39, 0.29) is 24.2 Å². The van der Waals surface area contributed by atoms with E-state index in [1.807, 2.05) is 24.3 Å². The van der Waals surface area contributed by atoms with Crippen LogP contribution in [0.5, 0.6) is 0 Å². The maximum Gasteiger partial charge on any atom is 0.490 e. The Kier molecular flexibility index (Phi) is 12.6. The smallest absolute Gasteiger partial charge is 0.475 e. The van der Waals surface area contributed by atoms with Crippen molar-refractivity contribution in [2.45, 2.75) is 57.2 Å². The van der Waals surface area contributed by atoms with Crippen molar-refractivity contribution in [2.75, 3.05) is 19.7 Å². The number of aliphatic carboxylic acids is 1. The number of carboxylic acids is 1. The van der Waals surface area contributed by atoms with Gasteiger partial charge in [-0.25, -0.2) is 9.59 Å². The summed E-state index contributed by atoms with van der Waals surface area (Å²) in [5.41, 5.74) is 10.2. The summed E-state index contributed by atoms with van der Waals surface area (Å²) < 4.78 is 37.3. The molecule has 0 unspecified atom stereocenters. The van der Waals surface area contributed by atoms with Gasteiger partial charge < -0.3 is 26.2 Å². The van der Waals surface area contributed by atoms with Crippen molar-refractivity contribution in [1.29, 1.82) is 0 Å². The number of carbonyl (C=O) groups excluding carboxylic acids is 3. The third-order valence-corrected chi connectivity index (χ3v) is 6.17. The molecule has 0 radical (unpaired) electrons. The molecule has 0 bridgehead atoms. The molecule has 5 N–H and O–H groups in total. The molecule has 9 nitrogen and oxygen atoms in total. The molecule has 0 saturated heterocycles. The van der Waals surface area contributed by atoms with Crippen LogP contribution in [0, 0.1) is 0 Å². The van der Waals surface area contributed by atoms with Gasteiger partial charge in [-0.05, 0) is 54.5 Å². The van der Waals surface area contributed by atoms with Crippen molar-refractivity contribution in [3.63, 3.8) is 0 Å². The average Bonchev–Trinajstić information content (AvgIpc) is 3.23. The number of alkyl carbamates (subject to hydrolysis) is 1. The highest BCUT2D eigenvalue weighted by atomic mass is 19.4. The maximum absolute atomic E-state index is 12.2. The highest BCUT2D eigenvalue weighted by molar-refractivity contribution is 5.88. The summed E-state index contributed by atoms with van der Waals surface area (Å²) in [4.78, 5) is 44.8. The number of benzene rings is 2. The SMILES string of the molecule is CC(=O)N[C@@H](CCCCNC(=O)OCC1c2ccccc2-c2ccccc21)C(=O)CCCN.O=C(O)C(F)(F)F. The summed E-state index contributed by atoms with van der Waals surface area (Å²) in [5.74, 6) is -2.95. The highest BCUT2D eigenvalue weighted by Gasteiger charge is 2.38. The van der Waals surface area contributed by atoms with E-state index < -0.39 is 24.3 Å². The molecule has 2 aromatic carbocycles. The molecule has 3 rings (SSSR count). The number of nitrogens with one attached hydrogen (secondary N) is 2. The van der Waals surface area contributed by atoms with Gasteiger partial charge in [0.05, 0.1) is 6.04 Å². The lowest BCUT2D eigenvalue weighted by atomic mass is 9.98. The number of ketones is 1. The summed E-state index contributed by atoms with van der Waals surface area (Å²) in [7, 11) is 0. The molecule has 0 fully saturated rings. The number of fused-ring (bicyclic) bond motifs is 3. The monoisotopic (exact) mass is 565 g/mol. The Balaban J connectivity index is 0.000000708. The number of alkyl halides is 3. The molecule has 0 saturated carbocycles.